The molecule has 0 saturated carbocycles. The molecule has 3 heterocycles. The molecule has 0 radical (unpaired) electrons. The van der Waals surface area contributed by atoms with Crippen LogP contribution in [0.1, 0.15) is 30.8 Å². The van der Waals surface area contributed by atoms with Gasteiger partial charge in [-0.05, 0) is 38.8 Å². The molecule has 6 nitrogen and oxygen atoms in total. The molecular formula is C15H22N4O2S2. The van der Waals surface area contributed by atoms with Gasteiger partial charge in [0, 0.05) is 24.7 Å². The van der Waals surface area contributed by atoms with Gasteiger partial charge >= 0.3 is 0 Å². The van der Waals surface area contributed by atoms with E-state index in [-0.39, 0.29) is 0 Å². The molecule has 0 amide bonds. The number of H-pyrrole nitrogens is 1. The van der Waals surface area contributed by atoms with Crippen LogP contribution in [0.15, 0.2) is 21.7 Å². The normalized spacial score (nSPS) is 16.2. The Morgan fingerprint density at radius 3 is 2.91 bits per heavy atom. The van der Waals surface area contributed by atoms with E-state index >= 15 is 0 Å². The van der Waals surface area contributed by atoms with Crippen LogP contribution in [-0.4, -0.2) is 47.5 Å². The van der Waals surface area contributed by atoms with Crippen molar-refractivity contribution in [2.75, 3.05) is 13.6 Å². The summed E-state index contributed by atoms with van der Waals surface area (Å²) >= 11 is 1.26. The van der Waals surface area contributed by atoms with Gasteiger partial charge in [0.05, 0.1) is 17.9 Å². The minimum Gasteiger partial charge on any atom is -0.298 e. The largest absolute Gasteiger partial charge is 0.298 e. The molecular weight excluding hydrogens is 332 g/mol. The number of nitrogens with one attached hydrogen (secondary N) is 1. The molecule has 2 aromatic rings. The van der Waals surface area contributed by atoms with Crippen molar-refractivity contribution < 1.29 is 8.42 Å². The van der Waals surface area contributed by atoms with Crippen LogP contribution in [0.3, 0.4) is 0 Å². The van der Waals surface area contributed by atoms with E-state index in [1.807, 2.05) is 0 Å². The Bertz CT molecular complexity index is 766. The zero-order valence-corrected chi connectivity index (χ0v) is 15.2. The second kappa shape index (κ2) is 6.35. The molecule has 0 aromatic carbocycles. The lowest BCUT2D eigenvalue weighted by Gasteiger charge is -2.26. The van der Waals surface area contributed by atoms with Gasteiger partial charge in [-0.2, -0.15) is 9.40 Å². The summed E-state index contributed by atoms with van der Waals surface area (Å²) in [6, 6.07) is 3.87. The van der Waals surface area contributed by atoms with Crippen molar-refractivity contribution in [3.05, 3.63) is 34.5 Å². The predicted octanol–water partition coefficient (Wildman–Crippen LogP) is 2.06. The molecule has 1 N–H and O–H groups in total. The van der Waals surface area contributed by atoms with E-state index in [0.29, 0.717) is 29.8 Å². The maximum absolute atomic E-state index is 12.6. The molecule has 126 valence electrons. The molecule has 0 saturated heterocycles. The zero-order valence-electron chi connectivity index (χ0n) is 13.6. The number of fused-ring (bicyclic) bond motifs is 1. The summed E-state index contributed by atoms with van der Waals surface area (Å²) in [7, 11) is -1.32. The minimum absolute atomic E-state index is 0.369. The standard InChI is InChI=1S/C15H22N4O2S2/c1-11(2)18(3)9-13-12-6-7-19(10-14(12)17-16-13)23(20,21)15-5-4-8-22-15/h4-5,8,11H,6-7,9-10H2,1-3H3,(H,16,17). The van der Waals surface area contributed by atoms with E-state index in [9.17, 15) is 8.42 Å². The first-order chi connectivity index (χ1) is 10.9. The Hall–Kier alpha value is -1.22. The fourth-order valence-electron chi connectivity index (χ4n) is 2.65. The Labute approximate surface area is 141 Å². The van der Waals surface area contributed by atoms with E-state index in [1.54, 1.807) is 17.5 Å². The monoisotopic (exact) mass is 354 g/mol. The smallest absolute Gasteiger partial charge is 0.252 e. The van der Waals surface area contributed by atoms with Gasteiger partial charge in [0.25, 0.3) is 10.0 Å². The fourth-order valence-corrected chi connectivity index (χ4v) is 5.21. The molecule has 0 aliphatic carbocycles. The highest BCUT2D eigenvalue weighted by atomic mass is 32.2. The summed E-state index contributed by atoms with van der Waals surface area (Å²) in [5, 5.41) is 9.24. The van der Waals surface area contributed by atoms with Crippen molar-refractivity contribution in [2.45, 2.75) is 43.6 Å². The average molecular weight is 355 g/mol. The van der Waals surface area contributed by atoms with Crippen LogP contribution >= 0.6 is 11.3 Å². The molecule has 0 spiro atoms. The molecule has 23 heavy (non-hydrogen) atoms. The van der Waals surface area contributed by atoms with Crippen molar-refractivity contribution in [1.29, 1.82) is 0 Å². The molecule has 1 aliphatic rings. The summed E-state index contributed by atoms with van der Waals surface area (Å²) in [6.07, 6.45) is 0.706. The Morgan fingerprint density at radius 1 is 1.48 bits per heavy atom. The first kappa shape index (κ1) is 16.6. The van der Waals surface area contributed by atoms with Crippen LogP contribution in [0.2, 0.25) is 0 Å². The third-order valence-corrected chi connectivity index (χ3v) is 7.57. The Kier molecular flexibility index (Phi) is 4.59. The van der Waals surface area contributed by atoms with Gasteiger partial charge in [-0.15, -0.1) is 11.3 Å². The maximum atomic E-state index is 12.6. The second-order valence-electron chi connectivity index (χ2n) is 6.16. The van der Waals surface area contributed by atoms with Crippen LogP contribution in [0.25, 0.3) is 0 Å². The highest BCUT2D eigenvalue weighted by molar-refractivity contribution is 7.91. The number of thiophene rings is 1. The lowest BCUT2D eigenvalue weighted by molar-refractivity contribution is 0.261. The van der Waals surface area contributed by atoms with E-state index in [4.69, 9.17) is 0 Å². The SMILES string of the molecule is CC(C)N(C)Cc1n[nH]c2c1CCN(S(=O)(=O)c1cccs1)C2. The van der Waals surface area contributed by atoms with E-state index in [0.717, 1.165) is 17.9 Å². The topological polar surface area (TPSA) is 69.3 Å². The molecule has 8 heteroatoms. The molecule has 0 atom stereocenters. The van der Waals surface area contributed by atoms with Crippen LogP contribution < -0.4 is 0 Å². The van der Waals surface area contributed by atoms with Crippen molar-refractivity contribution >= 4 is 21.4 Å². The molecule has 0 unspecified atom stereocenters. The molecule has 2 aromatic heterocycles. The second-order valence-corrected chi connectivity index (χ2v) is 9.27. The molecule has 1 aliphatic heterocycles. The van der Waals surface area contributed by atoms with E-state index in [2.05, 4.69) is 36.0 Å². The van der Waals surface area contributed by atoms with Crippen molar-refractivity contribution in [1.82, 2.24) is 19.4 Å². The molecule has 3 rings (SSSR count). The number of nitrogens with zero attached hydrogens (tertiary/aromatic N) is 3. The van der Waals surface area contributed by atoms with Gasteiger partial charge < -0.3 is 0 Å². The summed E-state index contributed by atoms with van der Waals surface area (Å²) in [5.74, 6) is 0. The number of hydrogen-bond donors (Lipinski definition) is 1. The van der Waals surface area contributed by atoms with Gasteiger partial charge in [-0.25, -0.2) is 8.42 Å². The summed E-state index contributed by atoms with van der Waals surface area (Å²) in [5.41, 5.74) is 3.13. The zero-order chi connectivity index (χ0) is 16.6. The van der Waals surface area contributed by atoms with Crippen LogP contribution in [-0.2, 0) is 29.5 Å². The lowest BCUT2D eigenvalue weighted by Crippen LogP contribution is -2.36. The van der Waals surface area contributed by atoms with Crippen LogP contribution in [0.5, 0.6) is 0 Å². The predicted molar refractivity (Wildman–Crippen MR) is 90.8 cm³/mol. The lowest BCUT2D eigenvalue weighted by atomic mass is 10.1. The molecule has 0 fully saturated rings. The summed E-state index contributed by atoms with van der Waals surface area (Å²) in [4.78, 5) is 2.23. The third-order valence-electron chi connectivity index (χ3n) is 4.35. The van der Waals surface area contributed by atoms with Crippen molar-refractivity contribution in [3.8, 4) is 0 Å². The van der Waals surface area contributed by atoms with Gasteiger partial charge in [-0.1, -0.05) is 6.07 Å². The number of aromatic nitrogens is 2. The maximum Gasteiger partial charge on any atom is 0.252 e. The Balaban J connectivity index is 1.79. The van der Waals surface area contributed by atoms with Crippen molar-refractivity contribution in [2.24, 2.45) is 0 Å². The Morgan fingerprint density at radius 2 is 2.26 bits per heavy atom. The molecule has 0 bridgehead atoms. The van der Waals surface area contributed by atoms with Gasteiger partial charge in [-0.3, -0.25) is 10.00 Å². The summed E-state index contributed by atoms with van der Waals surface area (Å²) in [6.45, 7) is 5.95. The average Bonchev–Trinajstić information content (AvgIpc) is 3.17. The first-order valence-electron chi connectivity index (χ1n) is 7.68. The van der Waals surface area contributed by atoms with Crippen molar-refractivity contribution in [3.63, 3.8) is 0 Å². The number of sulfonamides is 1. The number of hydrogen-bond acceptors (Lipinski definition) is 5. The van der Waals surface area contributed by atoms with E-state index in [1.165, 1.54) is 21.2 Å². The highest BCUT2D eigenvalue weighted by Gasteiger charge is 2.31. The van der Waals surface area contributed by atoms with Gasteiger partial charge in [0.1, 0.15) is 4.21 Å². The van der Waals surface area contributed by atoms with Gasteiger partial charge in [0.2, 0.25) is 0 Å². The minimum atomic E-state index is -3.39. The third kappa shape index (κ3) is 3.21. The fraction of sp³-hybridized carbons (Fsp3) is 0.533. The van der Waals surface area contributed by atoms with Crippen LogP contribution in [0, 0.1) is 0 Å². The number of aromatic amines is 1. The quantitative estimate of drug-likeness (QED) is 0.892. The summed E-state index contributed by atoms with van der Waals surface area (Å²) < 4.78 is 27.2. The van der Waals surface area contributed by atoms with Gasteiger partial charge in [0.15, 0.2) is 0 Å². The van der Waals surface area contributed by atoms with E-state index < -0.39 is 10.0 Å². The highest BCUT2D eigenvalue weighted by Crippen LogP contribution is 2.28. The van der Waals surface area contributed by atoms with Crippen LogP contribution in [0.4, 0.5) is 0 Å². The number of rotatable bonds is 5. The first-order valence-corrected chi connectivity index (χ1v) is 10.0.